The topological polar surface area (TPSA) is 29.5 Å². The summed E-state index contributed by atoms with van der Waals surface area (Å²) in [6.07, 6.45) is 1.06. The Hall–Kier alpha value is -1.02. The summed E-state index contributed by atoms with van der Waals surface area (Å²) >= 11 is 0. The van der Waals surface area contributed by atoms with Gasteiger partial charge in [0.1, 0.15) is 5.75 Å². The standard InChI is InChI=1S/C13H18O2/c1-9-4-5-12(15-3)11(6-9)13(2)7-10(13)8-14/h4-6,10,14H,7-8H2,1-3H3. The Morgan fingerprint density at radius 2 is 2.27 bits per heavy atom. The molecular formula is C13H18O2. The molecule has 1 aromatic carbocycles. The lowest BCUT2D eigenvalue weighted by atomic mass is 9.93. The van der Waals surface area contributed by atoms with E-state index in [-0.39, 0.29) is 12.0 Å². The molecule has 1 aliphatic rings. The largest absolute Gasteiger partial charge is 0.496 e. The van der Waals surface area contributed by atoms with E-state index in [1.165, 1.54) is 11.1 Å². The van der Waals surface area contributed by atoms with Gasteiger partial charge >= 0.3 is 0 Å². The molecule has 1 N–H and O–H groups in total. The van der Waals surface area contributed by atoms with Crippen LogP contribution < -0.4 is 4.74 Å². The van der Waals surface area contributed by atoms with Gasteiger partial charge in [0.15, 0.2) is 0 Å². The zero-order valence-electron chi connectivity index (χ0n) is 9.58. The minimum Gasteiger partial charge on any atom is -0.496 e. The summed E-state index contributed by atoms with van der Waals surface area (Å²) in [7, 11) is 1.70. The Balaban J connectivity index is 2.39. The van der Waals surface area contributed by atoms with E-state index in [4.69, 9.17) is 4.74 Å². The van der Waals surface area contributed by atoms with E-state index in [1.807, 2.05) is 6.07 Å². The second-order valence-electron chi connectivity index (χ2n) is 4.70. The van der Waals surface area contributed by atoms with Crippen molar-refractivity contribution in [3.8, 4) is 5.75 Å². The Morgan fingerprint density at radius 3 is 2.80 bits per heavy atom. The van der Waals surface area contributed by atoms with E-state index in [1.54, 1.807) is 7.11 Å². The lowest BCUT2D eigenvalue weighted by Crippen LogP contribution is -2.09. The first-order valence-electron chi connectivity index (χ1n) is 5.38. The highest BCUT2D eigenvalue weighted by atomic mass is 16.5. The molecule has 0 amide bonds. The molecule has 2 nitrogen and oxygen atoms in total. The molecule has 1 aromatic rings. The maximum atomic E-state index is 9.20. The highest BCUT2D eigenvalue weighted by Crippen LogP contribution is 2.56. The highest BCUT2D eigenvalue weighted by Gasteiger charge is 2.52. The van der Waals surface area contributed by atoms with E-state index in [0.29, 0.717) is 5.92 Å². The molecule has 2 atom stereocenters. The van der Waals surface area contributed by atoms with Crippen LogP contribution in [0.2, 0.25) is 0 Å². The molecule has 15 heavy (non-hydrogen) atoms. The number of hydrogen-bond donors (Lipinski definition) is 1. The van der Waals surface area contributed by atoms with Crippen molar-refractivity contribution in [2.45, 2.75) is 25.7 Å². The van der Waals surface area contributed by atoms with E-state index in [2.05, 4.69) is 26.0 Å². The van der Waals surface area contributed by atoms with Crippen LogP contribution in [-0.4, -0.2) is 18.8 Å². The van der Waals surface area contributed by atoms with Crippen molar-refractivity contribution in [2.24, 2.45) is 5.92 Å². The summed E-state index contributed by atoms with van der Waals surface area (Å²) in [4.78, 5) is 0. The first-order valence-corrected chi connectivity index (χ1v) is 5.38. The van der Waals surface area contributed by atoms with Crippen LogP contribution in [0.4, 0.5) is 0 Å². The van der Waals surface area contributed by atoms with Crippen LogP contribution in [0.3, 0.4) is 0 Å². The number of aryl methyl sites for hydroxylation is 1. The van der Waals surface area contributed by atoms with Crippen molar-refractivity contribution in [1.29, 1.82) is 0 Å². The summed E-state index contributed by atoms with van der Waals surface area (Å²) in [5.74, 6) is 1.34. The number of benzene rings is 1. The fourth-order valence-electron chi connectivity index (χ4n) is 2.32. The minimum atomic E-state index is 0.117. The SMILES string of the molecule is COc1ccc(C)cc1C1(C)CC1CO. The van der Waals surface area contributed by atoms with E-state index in [0.717, 1.165) is 12.2 Å². The molecular weight excluding hydrogens is 188 g/mol. The Kier molecular flexibility index (Phi) is 2.47. The number of methoxy groups -OCH3 is 1. The molecule has 0 heterocycles. The van der Waals surface area contributed by atoms with Gasteiger partial charge in [-0.3, -0.25) is 0 Å². The molecule has 2 unspecified atom stereocenters. The second kappa shape index (κ2) is 3.53. The summed E-state index contributed by atoms with van der Waals surface area (Å²) < 4.78 is 5.38. The monoisotopic (exact) mass is 206 g/mol. The third-order valence-electron chi connectivity index (χ3n) is 3.60. The lowest BCUT2D eigenvalue weighted by molar-refractivity contribution is 0.265. The molecule has 0 aromatic heterocycles. The lowest BCUT2D eigenvalue weighted by Gasteiger charge is -2.16. The zero-order valence-corrected chi connectivity index (χ0v) is 9.58. The Morgan fingerprint density at radius 1 is 1.53 bits per heavy atom. The van der Waals surface area contributed by atoms with Gasteiger partial charge in [-0.15, -0.1) is 0 Å². The molecule has 0 radical (unpaired) electrons. The van der Waals surface area contributed by atoms with E-state index < -0.39 is 0 Å². The second-order valence-corrected chi connectivity index (χ2v) is 4.70. The molecule has 1 aliphatic carbocycles. The third-order valence-corrected chi connectivity index (χ3v) is 3.60. The van der Waals surface area contributed by atoms with Gasteiger partial charge in [-0.1, -0.05) is 24.6 Å². The summed E-state index contributed by atoms with van der Waals surface area (Å²) in [6.45, 7) is 4.56. The normalized spacial score (nSPS) is 28.9. The predicted molar refractivity (Wildman–Crippen MR) is 60.3 cm³/mol. The molecule has 1 fully saturated rings. The summed E-state index contributed by atoms with van der Waals surface area (Å²) in [6, 6.07) is 6.25. The fraction of sp³-hybridized carbons (Fsp3) is 0.538. The third kappa shape index (κ3) is 1.63. The molecule has 2 heteroatoms. The number of rotatable bonds is 3. The van der Waals surface area contributed by atoms with Crippen molar-refractivity contribution >= 4 is 0 Å². The number of ether oxygens (including phenoxy) is 1. The number of aliphatic hydroxyl groups is 1. The van der Waals surface area contributed by atoms with Crippen molar-refractivity contribution in [3.63, 3.8) is 0 Å². The highest BCUT2D eigenvalue weighted by molar-refractivity contribution is 5.46. The van der Waals surface area contributed by atoms with Gasteiger partial charge in [-0.2, -0.15) is 0 Å². The maximum absolute atomic E-state index is 9.20. The molecule has 0 saturated heterocycles. The van der Waals surface area contributed by atoms with Gasteiger partial charge in [0.05, 0.1) is 7.11 Å². The first-order chi connectivity index (χ1) is 7.11. The van der Waals surface area contributed by atoms with Crippen molar-refractivity contribution in [3.05, 3.63) is 29.3 Å². The predicted octanol–water partition coefficient (Wildman–Crippen LogP) is 2.27. The van der Waals surface area contributed by atoms with Gasteiger partial charge in [0, 0.05) is 17.6 Å². The molecule has 0 spiro atoms. The molecule has 1 saturated carbocycles. The first kappa shape index (κ1) is 10.5. The van der Waals surface area contributed by atoms with Crippen LogP contribution in [-0.2, 0) is 5.41 Å². The zero-order chi connectivity index (χ0) is 11.1. The average molecular weight is 206 g/mol. The average Bonchev–Trinajstić information content (AvgIpc) is 2.91. The van der Waals surface area contributed by atoms with Crippen LogP contribution in [0.5, 0.6) is 5.75 Å². The maximum Gasteiger partial charge on any atom is 0.122 e. The Bertz CT molecular complexity index is 373. The van der Waals surface area contributed by atoms with Crippen LogP contribution in [0, 0.1) is 12.8 Å². The summed E-state index contributed by atoms with van der Waals surface area (Å²) in [5, 5.41) is 9.20. The quantitative estimate of drug-likeness (QED) is 0.822. The van der Waals surface area contributed by atoms with Crippen LogP contribution in [0.1, 0.15) is 24.5 Å². The van der Waals surface area contributed by atoms with Gasteiger partial charge in [0.25, 0.3) is 0 Å². The van der Waals surface area contributed by atoms with Crippen molar-refractivity contribution in [1.82, 2.24) is 0 Å². The number of hydrogen-bond acceptors (Lipinski definition) is 2. The summed E-state index contributed by atoms with van der Waals surface area (Å²) in [5.41, 5.74) is 2.60. The van der Waals surface area contributed by atoms with Crippen LogP contribution in [0.15, 0.2) is 18.2 Å². The van der Waals surface area contributed by atoms with Crippen molar-refractivity contribution in [2.75, 3.05) is 13.7 Å². The van der Waals surface area contributed by atoms with E-state index in [9.17, 15) is 5.11 Å². The number of aliphatic hydroxyl groups excluding tert-OH is 1. The van der Waals surface area contributed by atoms with Gasteiger partial charge in [-0.25, -0.2) is 0 Å². The molecule has 82 valence electrons. The van der Waals surface area contributed by atoms with Crippen LogP contribution in [0.25, 0.3) is 0 Å². The minimum absolute atomic E-state index is 0.117. The molecule has 0 aliphatic heterocycles. The van der Waals surface area contributed by atoms with Gasteiger partial charge in [-0.05, 0) is 25.3 Å². The van der Waals surface area contributed by atoms with E-state index >= 15 is 0 Å². The van der Waals surface area contributed by atoms with Crippen molar-refractivity contribution < 1.29 is 9.84 Å². The molecule has 2 rings (SSSR count). The van der Waals surface area contributed by atoms with Gasteiger partial charge in [0.2, 0.25) is 0 Å². The van der Waals surface area contributed by atoms with Crippen LogP contribution >= 0.6 is 0 Å². The molecule has 0 bridgehead atoms. The smallest absolute Gasteiger partial charge is 0.122 e. The fourth-order valence-corrected chi connectivity index (χ4v) is 2.32. The Labute approximate surface area is 90.9 Å². The van der Waals surface area contributed by atoms with Gasteiger partial charge < -0.3 is 9.84 Å².